The molecule has 6 nitrogen and oxygen atoms in total. The third-order valence-electron chi connectivity index (χ3n) is 4.60. The summed E-state index contributed by atoms with van der Waals surface area (Å²) in [4.78, 5) is 14.2. The molecule has 0 aliphatic heterocycles. The number of phenolic OH excluding ortho intramolecular Hbond substituents is 1. The number of rotatable bonds is 9. The van der Waals surface area contributed by atoms with Crippen molar-refractivity contribution in [2.45, 2.75) is 25.5 Å². The molecule has 2 aromatic rings. The zero-order chi connectivity index (χ0) is 19.6. The molecule has 6 heteroatoms. The Bertz CT molecular complexity index is 717. The Morgan fingerprint density at radius 2 is 1.70 bits per heavy atom. The van der Waals surface area contributed by atoms with Gasteiger partial charge < -0.3 is 25.7 Å². The molecule has 0 bridgehead atoms. The lowest BCUT2D eigenvalue weighted by Gasteiger charge is -2.25. The number of nitrogens with one attached hydrogen (secondary N) is 2. The third kappa shape index (κ3) is 6.92. The van der Waals surface area contributed by atoms with Crippen LogP contribution in [0.25, 0.3) is 0 Å². The Balaban J connectivity index is 1.77. The molecule has 2 aromatic carbocycles. The van der Waals surface area contributed by atoms with Crippen LogP contribution in [-0.2, 0) is 19.4 Å². The Morgan fingerprint density at radius 3 is 2.33 bits per heavy atom. The number of likely N-dealkylation sites (N-methyl/N-ethyl adjacent to an activating group) is 1. The van der Waals surface area contributed by atoms with Gasteiger partial charge in [-0.3, -0.25) is 0 Å². The molecular weight excluding hydrogens is 342 g/mol. The number of benzene rings is 2. The second-order valence-corrected chi connectivity index (χ2v) is 6.80. The topological polar surface area (TPSA) is 84.8 Å². The quantitative estimate of drug-likeness (QED) is 0.542. The summed E-state index contributed by atoms with van der Waals surface area (Å²) in [6.45, 7) is 1.03. The van der Waals surface area contributed by atoms with Gasteiger partial charge >= 0.3 is 6.03 Å². The summed E-state index contributed by atoms with van der Waals surface area (Å²) in [5.74, 6) is 0.250. The monoisotopic (exact) mass is 371 g/mol. The number of aliphatic hydroxyl groups excluding tert-OH is 1. The molecule has 0 fully saturated rings. The summed E-state index contributed by atoms with van der Waals surface area (Å²) in [5.41, 5.74) is 3.04. The maximum Gasteiger partial charge on any atom is 0.314 e. The first-order valence-electron chi connectivity index (χ1n) is 9.13. The number of carbonyl (C=O) groups excluding carboxylic acids is 1. The maximum atomic E-state index is 12.1. The normalized spacial score (nSPS) is 12.0. The van der Waals surface area contributed by atoms with Gasteiger partial charge in [-0.05, 0) is 55.8 Å². The maximum absolute atomic E-state index is 12.1. The summed E-state index contributed by atoms with van der Waals surface area (Å²) < 4.78 is 0. The predicted molar refractivity (Wildman–Crippen MR) is 107 cm³/mol. The van der Waals surface area contributed by atoms with Crippen molar-refractivity contribution in [3.63, 3.8) is 0 Å². The molecular formula is C21H29N3O3. The molecule has 4 N–H and O–H groups in total. The van der Waals surface area contributed by atoms with Gasteiger partial charge in [0, 0.05) is 19.1 Å². The minimum atomic E-state index is -0.200. The van der Waals surface area contributed by atoms with Crippen LogP contribution in [0.2, 0.25) is 0 Å². The lowest BCUT2D eigenvalue weighted by Crippen LogP contribution is -2.45. The van der Waals surface area contributed by atoms with Gasteiger partial charge in [0.15, 0.2) is 0 Å². The number of phenols is 1. The van der Waals surface area contributed by atoms with Crippen molar-refractivity contribution >= 4 is 6.03 Å². The first-order valence-corrected chi connectivity index (χ1v) is 9.13. The van der Waals surface area contributed by atoms with Crippen LogP contribution in [-0.4, -0.2) is 54.4 Å². The number of hydrogen-bond acceptors (Lipinski definition) is 4. The van der Waals surface area contributed by atoms with Crippen molar-refractivity contribution in [3.05, 3.63) is 65.2 Å². The summed E-state index contributed by atoms with van der Waals surface area (Å²) >= 11 is 0. The smallest absolute Gasteiger partial charge is 0.314 e. The lowest BCUT2D eigenvalue weighted by atomic mass is 10.0. The molecule has 0 aliphatic rings. The van der Waals surface area contributed by atoms with E-state index in [9.17, 15) is 15.0 Å². The Kier molecular flexibility index (Phi) is 8.10. The van der Waals surface area contributed by atoms with E-state index in [1.807, 2.05) is 50.5 Å². The van der Waals surface area contributed by atoms with Crippen LogP contribution in [0.1, 0.15) is 16.7 Å². The first-order chi connectivity index (χ1) is 13.0. The number of amides is 2. The van der Waals surface area contributed by atoms with Gasteiger partial charge in [-0.25, -0.2) is 4.79 Å². The summed E-state index contributed by atoms with van der Waals surface area (Å²) in [6, 6.07) is 14.8. The number of aromatic hydroxyl groups is 1. The van der Waals surface area contributed by atoms with Crippen LogP contribution < -0.4 is 10.6 Å². The van der Waals surface area contributed by atoms with Crippen LogP contribution in [0.15, 0.2) is 48.5 Å². The van der Waals surface area contributed by atoms with Gasteiger partial charge in [-0.15, -0.1) is 0 Å². The molecule has 0 aliphatic carbocycles. The van der Waals surface area contributed by atoms with E-state index in [0.717, 1.165) is 23.1 Å². The number of carbonyl (C=O) groups is 1. The van der Waals surface area contributed by atoms with Crippen LogP contribution in [0, 0.1) is 0 Å². The SMILES string of the molecule is CN(C)[C@H](CNC(=O)NCCc1ccccc1CO)Cc1ccc(O)cc1. The van der Waals surface area contributed by atoms with E-state index in [-0.39, 0.29) is 24.4 Å². The van der Waals surface area contributed by atoms with E-state index in [2.05, 4.69) is 15.5 Å². The number of aliphatic hydroxyl groups is 1. The zero-order valence-electron chi connectivity index (χ0n) is 16.0. The molecule has 2 amide bonds. The third-order valence-corrected chi connectivity index (χ3v) is 4.60. The molecule has 0 radical (unpaired) electrons. The predicted octanol–water partition coefficient (Wildman–Crippen LogP) is 1.90. The van der Waals surface area contributed by atoms with Gasteiger partial charge in [-0.2, -0.15) is 0 Å². The van der Waals surface area contributed by atoms with E-state index in [1.165, 1.54) is 0 Å². The summed E-state index contributed by atoms with van der Waals surface area (Å²) in [6.07, 6.45) is 1.45. The molecule has 0 heterocycles. The van der Waals surface area contributed by atoms with Crippen molar-refractivity contribution in [2.24, 2.45) is 0 Å². The van der Waals surface area contributed by atoms with E-state index in [4.69, 9.17) is 0 Å². The largest absolute Gasteiger partial charge is 0.508 e. The van der Waals surface area contributed by atoms with Crippen molar-refractivity contribution in [1.82, 2.24) is 15.5 Å². The molecule has 0 aromatic heterocycles. The van der Waals surface area contributed by atoms with Gasteiger partial charge in [0.1, 0.15) is 5.75 Å². The fraction of sp³-hybridized carbons (Fsp3) is 0.381. The highest BCUT2D eigenvalue weighted by molar-refractivity contribution is 5.73. The van der Waals surface area contributed by atoms with Crippen molar-refractivity contribution in [1.29, 1.82) is 0 Å². The molecule has 1 atom stereocenters. The second kappa shape index (κ2) is 10.5. The highest BCUT2D eigenvalue weighted by Gasteiger charge is 2.14. The fourth-order valence-corrected chi connectivity index (χ4v) is 2.88. The molecule has 2 rings (SSSR count). The number of hydrogen-bond donors (Lipinski definition) is 4. The molecule has 27 heavy (non-hydrogen) atoms. The average Bonchev–Trinajstić information content (AvgIpc) is 2.66. The molecule has 0 unspecified atom stereocenters. The highest BCUT2D eigenvalue weighted by atomic mass is 16.3. The van der Waals surface area contributed by atoms with Gasteiger partial charge in [0.05, 0.1) is 6.61 Å². The fourth-order valence-electron chi connectivity index (χ4n) is 2.88. The van der Waals surface area contributed by atoms with Crippen LogP contribution in [0.5, 0.6) is 5.75 Å². The highest BCUT2D eigenvalue weighted by Crippen LogP contribution is 2.12. The number of nitrogens with zero attached hydrogens (tertiary/aromatic N) is 1. The van der Waals surface area contributed by atoms with Crippen LogP contribution in [0.3, 0.4) is 0 Å². The zero-order valence-corrected chi connectivity index (χ0v) is 16.0. The second-order valence-electron chi connectivity index (χ2n) is 6.80. The Hall–Kier alpha value is -2.57. The Morgan fingerprint density at radius 1 is 1.04 bits per heavy atom. The van der Waals surface area contributed by atoms with E-state index < -0.39 is 0 Å². The summed E-state index contributed by atoms with van der Waals surface area (Å²) in [7, 11) is 3.97. The van der Waals surface area contributed by atoms with Gasteiger partial charge in [0.2, 0.25) is 0 Å². The molecule has 0 saturated carbocycles. The minimum absolute atomic E-state index is 0.00411. The van der Waals surface area contributed by atoms with Gasteiger partial charge in [0.25, 0.3) is 0 Å². The average molecular weight is 371 g/mol. The van der Waals surface area contributed by atoms with E-state index >= 15 is 0 Å². The Labute approximate surface area is 160 Å². The van der Waals surface area contributed by atoms with Crippen molar-refractivity contribution in [2.75, 3.05) is 27.2 Å². The minimum Gasteiger partial charge on any atom is -0.508 e. The van der Waals surface area contributed by atoms with E-state index in [0.29, 0.717) is 19.5 Å². The van der Waals surface area contributed by atoms with Crippen LogP contribution in [0.4, 0.5) is 4.79 Å². The number of urea groups is 1. The van der Waals surface area contributed by atoms with Crippen LogP contribution >= 0.6 is 0 Å². The van der Waals surface area contributed by atoms with Gasteiger partial charge in [-0.1, -0.05) is 36.4 Å². The molecule has 0 spiro atoms. The van der Waals surface area contributed by atoms with Crippen molar-refractivity contribution in [3.8, 4) is 5.75 Å². The first kappa shape index (κ1) is 20.7. The standard InChI is InChI=1S/C21H29N3O3/c1-24(2)19(13-16-7-9-20(26)10-8-16)14-23-21(27)22-12-11-17-5-3-4-6-18(17)15-25/h3-10,19,25-26H,11-15H2,1-2H3,(H2,22,23,27)/t19-/m0/s1. The van der Waals surface area contributed by atoms with E-state index in [1.54, 1.807) is 12.1 Å². The lowest BCUT2D eigenvalue weighted by molar-refractivity contribution is 0.232. The van der Waals surface area contributed by atoms with Crippen molar-refractivity contribution < 1.29 is 15.0 Å². The summed E-state index contributed by atoms with van der Waals surface area (Å²) in [5, 5.41) is 24.5. The molecule has 146 valence electrons. The molecule has 0 saturated heterocycles.